The summed E-state index contributed by atoms with van der Waals surface area (Å²) in [5, 5.41) is 0. The van der Waals surface area contributed by atoms with Crippen LogP contribution in [0, 0.1) is 0 Å². The molecule has 3 aromatic carbocycles. The normalized spacial score (nSPS) is 10.7. The van der Waals surface area contributed by atoms with Crippen LogP contribution in [0.25, 0.3) is 0 Å². The van der Waals surface area contributed by atoms with Crippen LogP contribution in [-0.2, 0) is 24.4 Å². The quantitative estimate of drug-likeness (QED) is 0.203. The minimum Gasteiger partial charge on any atom is -0.485 e. The molecule has 3 aromatic rings. The second-order valence-corrected chi connectivity index (χ2v) is 9.01. The first kappa shape index (κ1) is 25.6. The molecule has 0 radical (unpaired) electrons. The highest BCUT2D eigenvalue weighted by Gasteiger charge is 2.09. The summed E-state index contributed by atoms with van der Waals surface area (Å²) >= 11 is 0. The number of Topliss-reactive ketones (excluding diaryl/α,β-unsaturated/α-hetero) is 1. The largest absolute Gasteiger partial charge is 0.485 e. The van der Waals surface area contributed by atoms with Crippen LogP contribution in [-0.4, -0.2) is 5.78 Å². The van der Waals surface area contributed by atoms with Crippen molar-refractivity contribution in [2.24, 2.45) is 0 Å². The number of aryl methyl sites for hydroxylation is 1. The molecule has 0 aliphatic rings. The molecule has 180 valence electrons. The predicted molar refractivity (Wildman–Crippen MR) is 139 cm³/mol. The predicted octanol–water partition coefficient (Wildman–Crippen LogP) is 8.10. The number of hydrogen-bond donors (Lipinski definition) is 0. The molecule has 0 spiro atoms. The topological polar surface area (TPSA) is 35.5 Å². The highest BCUT2D eigenvalue weighted by molar-refractivity contribution is 5.75. The molecule has 0 saturated heterocycles. The van der Waals surface area contributed by atoms with Crippen molar-refractivity contribution in [3.8, 4) is 11.5 Å². The number of rotatable bonds is 16. The van der Waals surface area contributed by atoms with E-state index in [1.165, 1.54) is 44.1 Å². The van der Waals surface area contributed by atoms with Gasteiger partial charge in [0.05, 0.1) is 0 Å². The van der Waals surface area contributed by atoms with Gasteiger partial charge in [0.15, 0.2) is 11.5 Å². The van der Waals surface area contributed by atoms with Crippen molar-refractivity contribution >= 4 is 5.78 Å². The maximum atomic E-state index is 11.0. The van der Waals surface area contributed by atoms with Gasteiger partial charge < -0.3 is 14.3 Å². The number of hydrogen-bond acceptors (Lipinski definition) is 3. The van der Waals surface area contributed by atoms with Crippen molar-refractivity contribution < 1.29 is 14.3 Å². The van der Waals surface area contributed by atoms with Crippen LogP contribution in [0.1, 0.15) is 75.0 Å². The molecule has 0 amide bonds. The number of ether oxygens (including phenoxy) is 2. The molecule has 3 nitrogen and oxygen atoms in total. The zero-order valence-electron chi connectivity index (χ0n) is 20.5. The lowest BCUT2D eigenvalue weighted by atomic mass is 10.0. The SMILES string of the molecule is CC(=O)CCCCCCCCCc1ccc(OCc2ccccc2)c(OCc2ccccc2)c1. The fourth-order valence-corrected chi connectivity index (χ4v) is 4.00. The van der Waals surface area contributed by atoms with Crippen LogP contribution in [0.4, 0.5) is 0 Å². The van der Waals surface area contributed by atoms with E-state index in [0.717, 1.165) is 41.9 Å². The Bertz CT molecular complexity index is 966. The van der Waals surface area contributed by atoms with E-state index in [0.29, 0.717) is 19.0 Å². The number of carbonyl (C=O) groups excluding carboxylic acids is 1. The Balaban J connectivity index is 1.49. The summed E-state index contributed by atoms with van der Waals surface area (Å²) in [4.78, 5) is 11.0. The molecule has 0 unspecified atom stereocenters. The third-order valence-corrected chi connectivity index (χ3v) is 5.98. The van der Waals surface area contributed by atoms with E-state index in [9.17, 15) is 4.79 Å². The zero-order chi connectivity index (χ0) is 23.8. The lowest BCUT2D eigenvalue weighted by Crippen LogP contribution is -2.01. The van der Waals surface area contributed by atoms with Crippen LogP contribution in [0.3, 0.4) is 0 Å². The number of benzene rings is 3. The van der Waals surface area contributed by atoms with Crippen molar-refractivity contribution in [2.45, 2.75) is 77.9 Å². The Morgan fingerprint density at radius 2 is 1.12 bits per heavy atom. The Kier molecular flexibility index (Phi) is 11.2. The molecule has 34 heavy (non-hydrogen) atoms. The smallest absolute Gasteiger partial charge is 0.161 e. The molecule has 3 rings (SSSR count). The van der Waals surface area contributed by atoms with E-state index < -0.39 is 0 Å². The molecule has 3 heteroatoms. The molecule has 0 saturated carbocycles. The van der Waals surface area contributed by atoms with Gasteiger partial charge in [-0.05, 0) is 55.0 Å². The number of ketones is 1. The minimum atomic E-state index is 0.309. The molecule has 0 bridgehead atoms. The summed E-state index contributed by atoms with van der Waals surface area (Å²) in [5.74, 6) is 1.90. The van der Waals surface area contributed by atoms with Crippen molar-refractivity contribution in [1.82, 2.24) is 0 Å². The Labute approximate surface area is 205 Å². The van der Waals surface area contributed by atoms with Crippen LogP contribution >= 0.6 is 0 Å². The summed E-state index contributed by atoms with van der Waals surface area (Å²) < 4.78 is 12.3. The average Bonchev–Trinajstić information content (AvgIpc) is 2.87. The maximum absolute atomic E-state index is 11.0. The van der Waals surface area contributed by atoms with E-state index in [-0.39, 0.29) is 0 Å². The summed E-state index contributed by atoms with van der Waals surface area (Å²) in [7, 11) is 0. The van der Waals surface area contributed by atoms with Gasteiger partial charge in [-0.15, -0.1) is 0 Å². The molecular formula is C31H38O3. The lowest BCUT2D eigenvalue weighted by molar-refractivity contribution is -0.117. The lowest BCUT2D eigenvalue weighted by Gasteiger charge is -2.15. The molecule has 0 aliphatic heterocycles. The Hall–Kier alpha value is -3.07. The van der Waals surface area contributed by atoms with Gasteiger partial charge in [-0.3, -0.25) is 0 Å². The Morgan fingerprint density at radius 3 is 1.71 bits per heavy atom. The van der Waals surface area contributed by atoms with Crippen LogP contribution in [0.5, 0.6) is 11.5 Å². The highest BCUT2D eigenvalue weighted by atomic mass is 16.5. The van der Waals surface area contributed by atoms with Gasteiger partial charge in [0.1, 0.15) is 19.0 Å². The molecule has 0 atom stereocenters. The monoisotopic (exact) mass is 458 g/mol. The molecule has 0 aromatic heterocycles. The van der Waals surface area contributed by atoms with E-state index in [4.69, 9.17) is 9.47 Å². The summed E-state index contributed by atoms with van der Waals surface area (Å²) in [6, 6.07) is 26.8. The first-order chi connectivity index (χ1) is 16.7. The van der Waals surface area contributed by atoms with Crippen molar-refractivity contribution in [1.29, 1.82) is 0 Å². The molecule has 0 aliphatic carbocycles. The van der Waals surface area contributed by atoms with Crippen LogP contribution in [0.15, 0.2) is 78.9 Å². The number of unbranched alkanes of at least 4 members (excludes halogenated alkanes) is 6. The second kappa shape index (κ2) is 15.0. The van der Waals surface area contributed by atoms with E-state index >= 15 is 0 Å². The maximum Gasteiger partial charge on any atom is 0.161 e. The van der Waals surface area contributed by atoms with E-state index in [1.807, 2.05) is 42.5 Å². The van der Waals surface area contributed by atoms with E-state index in [2.05, 4.69) is 36.4 Å². The van der Waals surface area contributed by atoms with Gasteiger partial charge in [0.25, 0.3) is 0 Å². The van der Waals surface area contributed by atoms with Crippen molar-refractivity contribution in [2.75, 3.05) is 0 Å². The van der Waals surface area contributed by atoms with Crippen molar-refractivity contribution in [3.05, 3.63) is 95.6 Å². The molecule has 0 fully saturated rings. The van der Waals surface area contributed by atoms with Crippen LogP contribution < -0.4 is 9.47 Å². The molecule has 0 heterocycles. The average molecular weight is 459 g/mol. The third kappa shape index (κ3) is 9.82. The van der Waals surface area contributed by atoms with Gasteiger partial charge in [-0.2, -0.15) is 0 Å². The zero-order valence-corrected chi connectivity index (χ0v) is 20.5. The summed E-state index contributed by atoms with van der Waals surface area (Å²) in [6.07, 6.45) is 10.2. The highest BCUT2D eigenvalue weighted by Crippen LogP contribution is 2.31. The van der Waals surface area contributed by atoms with Crippen LogP contribution in [0.2, 0.25) is 0 Å². The van der Waals surface area contributed by atoms with Gasteiger partial charge in [0.2, 0.25) is 0 Å². The fourth-order valence-electron chi connectivity index (χ4n) is 4.00. The first-order valence-electron chi connectivity index (χ1n) is 12.7. The summed E-state index contributed by atoms with van der Waals surface area (Å²) in [6.45, 7) is 2.73. The molecular weight excluding hydrogens is 420 g/mol. The molecule has 0 N–H and O–H groups in total. The Morgan fingerprint density at radius 1 is 0.588 bits per heavy atom. The minimum absolute atomic E-state index is 0.309. The first-order valence-corrected chi connectivity index (χ1v) is 12.7. The van der Waals surface area contributed by atoms with E-state index in [1.54, 1.807) is 6.92 Å². The third-order valence-electron chi connectivity index (χ3n) is 5.98. The van der Waals surface area contributed by atoms with Gasteiger partial charge >= 0.3 is 0 Å². The number of carbonyl (C=O) groups is 1. The van der Waals surface area contributed by atoms with Crippen molar-refractivity contribution in [3.63, 3.8) is 0 Å². The van der Waals surface area contributed by atoms with Gasteiger partial charge in [0, 0.05) is 6.42 Å². The van der Waals surface area contributed by atoms with Gasteiger partial charge in [-0.1, -0.05) is 98.8 Å². The second-order valence-electron chi connectivity index (χ2n) is 9.01. The summed E-state index contributed by atoms with van der Waals surface area (Å²) in [5.41, 5.74) is 3.57. The van der Waals surface area contributed by atoms with Gasteiger partial charge in [-0.25, -0.2) is 0 Å². The fraction of sp³-hybridized carbons (Fsp3) is 0.387. The standard InChI is InChI=1S/C31H38O3/c1-26(32)15-9-5-3-2-4-6-10-16-27-21-22-30(33-24-28-17-11-7-12-18-28)31(23-27)34-25-29-19-13-8-14-20-29/h7-8,11-14,17-23H,2-6,9-10,15-16,24-25H2,1H3.